The second kappa shape index (κ2) is 4.04. The van der Waals surface area contributed by atoms with Crippen LogP contribution in [-0.2, 0) is 4.74 Å². The van der Waals surface area contributed by atoms with Gasteiger partial charge in [-0.05, 0) is 27.2 Å². The highest BCUT2D eigenvalue weighted by molar-refractivity contribution is 4.67. The average Bonchev–Trinajstić information content (AvgIpc) is 1.87. The molecular formula is C8H19NO2. The Morgan fingerprint density at radius 1 is 1.55 bits per heavy atom. The van der Waals surface area contributed by atoms with Gasteiger partial charge in [0.2, 0.25) is 0 Å². The molecule has 11 heavy (non-hydrogen) atoms. The van der Waals surface area contributed by atoms with E-state index in [9.17, 15) is 5.11 Å². The first kappa shape index (κ1) is 10.9. The van der Waals surface area contributed by atoms with Gasteiger partial charge < -0.3 is 15.6 Å². The Bertz CT molecular complexity index is 113. The van der Waals surface area contributed by atoms with Gasteiger partial charge in [0.15, 0.2) is 5.79 Å². The second-order valence-corrected chi connectivity index (χ2v) is 3.21. The standard InChI is InChI=1S/C8H19NO2/c1-5-8(4,10)11-7(3)6(2)9/h6-7,10H,5,9H2,1-4H3. The van der Waals surface area contributed by atoms with Gasteiger partial charge in [0.1, 0.15) is 0 Å². The van der Waals surface area contributed by atoms with E-state index in [1.54, 1.807) is 6.92 Å². The van der Waals surface area contributed by atoms with Crippen LogP contribution in [0.3, 0.4) is 0 Å². The van der Waals surface area contributed by atoms with Crippen molar-refractivity contribution in [3.63, 3.8) is 0 Å². The van der Waals surface area contributed by atoms with Gasteiger partial charge in [-0.15, -0.1) is 0 Å². The first-order valence-electron chi connectivity index (χ1n) is 4.05. The summed E-state index contributed by atoms with van der Waals surface area (Å²) >= 11 is 0. The molecule has 0 radical (unpaired) electrons. The first-order chi connectivity index (χ1) is 4.89. The molecule has 0 bridgehead atoms. The fourth-order valence-electron chi connectivity index (χ4n) is 0.591. The topological polar surface area (TPSA) is 55.5 Å². The molecule has 0 aliphatic heterocycles. The lowest BCUT2D eigenvalue weighted by Gasteiger charge is -2.28. The summed E-state index contributed by atoms with van der Waals surface area (Å²) in [6.07, 6.45) is 0.467. The molecule has 3 N–H and O–H groups in total. The first-order valence-corrected chi connectivity index (χ1v) is 4.05. The van der Waals surface area contributed by atoms with E-state index in [2.05, 4.69) is 0 Å². The van der Waals surface area contributed by atoms with Gasteiger partial charge in [-0.2, -0.15) is 0 Å². The van der Waals surface area contributed by atoms with Crippen LogP contribution in [0.4, 0.5) is 0 Å². The monoisotopic (exact) mass is 161 g/mol. The van der Waals surface area contributed by atoms with E-state index in [4.69, 9.17) is 10.5 Å². The van der Waals surface area contributed by atoms with Gasteiger partial charge in [-0.3, -0.25) is 0 Å². The fraction of sp³-hybridized carbons (Fsp3) is 1.00. The maximum atomic E-state index is 9.46. The lowest BCUT2D eigenvalue weighted by molar-refractivity contribution is -0.218. The zero-order chi connectivity index (χ0) is 9.07. The number of hydrogen-bond acceptors (Lipinski definition) is 3. The highest BCUT2D eigenvalue weighted by Gasteiger charge is 2.22. The minimum absolute atomic E-state index is 0.0481. The van der Waals surface area contributed by atoms with Crippen molar-refractivity contribution in [2.75, 3.05) is 0 Å². The van der Waals surface area contributed by atoms with Crippen LogP contribution < -0.4 is 5.73 Å². The van der Waals surface area contributed by atoms with Crippen LogP contribution in [-0.4, -0.2) is 23.0 Å². The normalized spacial score (nSPS) is 22.4. The summed E-state index contributed by atoms with van der Waals surface area (Å²) in [5.41, 5.74) is 5.56. The van der Waals surface area contributed by atoms with E-state index >= 15 is 0 Å². The highest BCUT2D eigenvalue weighted by Crippen LogP contribution is 2.14. The summed E-state index contributed by atoms with van der Waals surface area (Å²) < 4.78 is 5.28. The van der Waals surface area contributed by atoms with Crippen LogP contribution in [0.25, 0.3) is 0 Å². The number of aliphatic hydroxyl groups is 1. The van der Waals surface area contributed by atoms with E-state index in [1.807, 2.05) is 20.8 Å². The molecule has 0 spiro atoms. The van der Waals surface area contributed by atoms with Crippen LogP contribution in [0, 0.1) is 0 Å². The van der Waals surface area contributed by atoms with Crippen molar-refractivity contribution in [2.24, 2.45) is 5.73 Å². The lowest BCUT2D eigenvalue weighted by atomic mass is 10.2. The molecule has 0 saturated carbocycles. The molecule has 0 aliphatic rings. The van der Waals surface area contributed by atoms with Crippen molar-refractivity contribution in [2.45, 2.75) is 52.0 Å². The van der Waals surface area contributed by atoms with Crippen molar-refractivity contribution in [1.82, 2.24) is 0 Å². The third kappa shape index (κ3) is 4.35. The molecule has 3 nitrogen and oxygen atoms in total. The highest BCUT2D eigenvalue weighted by atomic mass is 16.6. The van der Waals surface area contributed by atoms with Crippen molar-refractivity contribution < 1.29 is 9.84 Å². The molecule has 0 heterocycles. The quantitative estimate of drug-likeness (QED) is 0.601. The van der Waals surface area contributed by atoms with E-state index in [0.29, 0.717) is 6.42 Å². The van der Waals surface area contributed by atoms with Crippen LogP contribution in [0.5, 0.6) is 0 Å². The van der Waals surface area contributed by atoms with E-state index in [-0.39, 0.29) is 12.1 Å². The number of rotatable bonds is 4. The van der Waals surface area contributed by atoms with Crippen molar-refractivity contribution in [3.8, 4) is 0 Å². The van der Waals surface area contributed by atoms with E-state index in [0.717, 1.165) is 0 Å². The summed E-state index contributed by atoms with van der Waals surface area (Å²) in [7, 11) is 0. The lowest BCUT2D eigenvalue weighted by Crippen LogP contribution is -2.39. The molecular weight excluding hydrogens is 142 g/mol. The van der Waals surface area contributed by atoms with Crippen molar-refractivity contribution in [1.29, 1.82) is 0 Å². The van der Waals surface area contributed by atoms with Gasteiger partial charge in [-0.1, -0.05) is 6.92 Å². The molecule has 0 rings (SSSR count). The molecule has 3 unspecified atom stereocenters. The minimum Gasteiger partial charge on any atom is -0.366 e. The summed E-state index contributed by atoms with van der Waals surface area (Å²) in [6, 6.07) is -0.0481. The van der Waals surface area contributed by atoms with Gasteiger partial charge in [0.25, 0.3) is 0 Å². The Labute approximate surface area is 68.5 Å². The second-order valence-electron chi connectivity index (χ2n) is 3.21. The Kier molecular flexibility index (Phi) is 4.00. The number of hydrogen-bond donors (Lipinski definition) is 2. The van der Waals surface area contributed by atoms with Gasteiger partial charge in [-0.25, -0.2) is 0 Å². The van der Waals surface area contributed by atoms with Gasteiger partial charge in [0.05, 0.1) is 6.10 Å². The predicted molar refractivity (Wildman–Crippen MR) is 45.1 cm³/mol. The van der Waals surface area contributed by atoms with Gasteiger partial charge in [0, 0.05) is 6.04 Å². The Morgan fingerprint density at radius 2 is 2.00 bits per heavy atom. The van der Waals surface area contributed by atoms with E-state index < -0.39 is 5.79 Å². The molecule has 0 aromatic carbocycles. The molecule has 0 fully saturated rings. The summed E-state index contributed by atoms with van der Waals surface area (Å²) in [5, 5.41) is 9.46. The molecule has 0 saturated heterocycles. The van der Waals surface area contributed by atoms with Crippen LogP contribution >= 0.6 is 0 Å². The Hall–Kier alpha value is -0.120. The Balaban J connectivity index is 3.83. The molecule has 0 aromatic heterocycles. The number of nitrogens with two attached hydrogens (primary N) is 1. The van der Waals surface area contributed by atoms with Crippen molar-refractivity contribution in [3.05, 3.63) is 0 Å². The summed E-state index contributed by atoms with van der Waals surface area (Å²) in [6.45, 7) is 7.23. The zero-order valence-corrected chi connectivity index (χ0v) is 7.79. The van der Waals surface area contributed by atoms with Crippen molar-refractivity contribution >= 4 is 0 Å². The molecule has 0 aromatic rings. The number of ether oxygens (including phenoxy) is 1. The molecule has 3 atom stereocenters. The van der Waals surface area contributed by atoms with Crippen LogP contribution in [0.2, 0.25) is 0 Å². The maximum Gasteiger partial charge on any atom is 0.162 e. The van der Waals surface area contributed by atoms with Gasteiger partial charge >= 0.3 is 0 Å². The fourth-order valence-corrected chi connectivity index (χ4v) is 0.591. The SMILES string of the molecule is CCC(C)(O)OC(C)C(C)N. The summed E-state index contributed by atoms with van der Waals surface area (Å²) in [4.78, 5) is 0. The minimum atomic E-state index is -1.03. The predicted octanol–water partition coefficient (Wildman–Crippen LogP) is 0.857. The molecule has 0 amide bonds. The van der Waals surface area contributed by atoms with Crippen LogP contribution in [0.1, 0.15) is 34.1 Å². The van der Waals surface area contributed by atoms with E-state index in [1.165, 1.54) is 0 Å². The smallest absolute Gasteiger partial charge is 0.162 e. The third-order valence-electron chi connectivity index (χ3n) is 1.84. The largest absolute Gasteiger partial charge is 0.366 e. The maximum absolute atomic E-state index is 9.46. The Morgan fingerprint density at radius 3 is 2.27 bits per heavy atom. The average molecular weight is 161 g/mol. The summed E-state index contributed by atoms with van der Waals surface area (Å²) in [5.74, 6) is -1.03. The van der Waals surface area contributed by atoms with Crippen LogP contribution in [0.15, 0.2) is 0 Å². The third-order valence-corrected chi connectivity index (χ3v) is 1.84. The molecule has 68 valence electrons. The molecule has 0 aliphatic carbocycles. The zero-order valence-electron chi connectivity index (χ0n) is 7.79. The molecule has 3 heteroatoms.